The molecule has 4 heterocycles. The van der Waals surface area contributed by atoms with Gasteiger partial charge in [-0.15, -0.1) is 0 Å². The molecule has 0 atom stereocenters. The quantitative estimate of drug-likeness (QED) is 0.306. The summed E-state index contributed by atoms with van der Waals surface area (Å²) in [5.41, 5.74) is 9.07. The summed E-state index contributed by atoms with van der Waals surface area (Å²) in [7, 11) is 0. The van der Waals surface area contributed by atoms with Gasteiger partial charge in [0.15, 0.2) is 0 Å². The molecule has 0 unspecified atom stereocenters. The van der Waals surface area contributed by atoms with Crippen LogP contribution in [-0.4, -0.2) is 23.9 Å². The van der Waals surface area contributed by atoms with E-state index in [2.05, 4.69) is 76.7 Å². The summed E-state index contributed by atoms with van der Waals surface area (Å²) in [6.45, 7) is 3.01. The number of aryl methyl sites for hydroxylation is 1. The molecule has 0 N–H and O–H groups in total. The van der Waals surface area contributed by atoms with E-state index in [1.54, 1.807) is 0 Å². The largest absolute Gasteiger partial charge is 0.324 e. The van der Waals surface area contributed by atoms with Crippen molar-refractivity contribution >= 4 is 38.6 Å². The minimum atomic E-state index is 0.853. The van der Waals surface area contributed by atoms with E-state index in [1.807, 2.05) is 36.4 Å². The second-order valence-corrected chi connectivity index (χ2v) is 8.46. The van der Waals surface area contributed by atoms with Crippen LogP contribution in [0.2, 0.25) is 0 Å². The van der Waals surface area contributed by atoms with Gasteiger partial charge in [0.05, 0.1) is 27.8 Å². The molecule has 162 valence electrons. The molecule has 0 saturated carbocycles. The van der Waals surface area contributed by atoms with Crippen LogP contribution in [0.3, 0.4) is 0 Å². The Kier molecular flexibility index (Phi) is 4.05. The number of aromatic nitrogens is 5. The molecule has 34 heavy (non-hydrogen) atoms. The number of nitrogens with zero attached hydrogens (tertiary/aromatic N) is 5. The third-order valence-corrected chi connectivity index (χ3v) is 6.51. The lowest BCUT2D eigenvalue weighted by molar-refractivity contribution is 0.796. The molecule has 7 rings (SSSR count). The zero-order valence-corrected chi connectivity index (χ0v) is 18.7. The fourth-order valence-electron chi connectivity index (χ4n) is 4.98. The number of fused-ring (bicyclic) bond motifs is 6. The van der Waals surface area contributed by atoms with E-state index in [4.69, 9.17) is 15.0 Å². The van der Waals surface area contributed by atoms with Gasteiger partial charge in [0.2, 0.25) is 0 Å². The molecule has 0 aliphatic heterocycles. The molecule has 7 aromatic rings. The van der Waals surface area contributed by atoms with Crippen molar-refractivity contribution in [2.75, 3.05) is 0 Å². The first-order valence-corrected chi connectivity index (χ1v) is 11.5. The maximum atomic E-state index is 5.13. The highest BCUT2D eigenvalue weighted by Gasteiger charge is 2.18. The van der Waals surface area contributed by atoms with Crippen LogP contribution in [0.15, 0.2) is 97.2 Å². The average Bonchev–Trinajstić information content (AvgIpc) is 3.47. The Bertz CT molecular complexity index is 1860. The topological polar surface area (TPSA) is 48.0 Å². The molecule has 5 nitrogen and oxygen atoms in total. The monoisotopic (exact) mass is 439 g/mol. The van der Waals surface area contributed by atoms with Gasteiger partial charge in [-0.2, -0.15) is 0 Å². The molecule has 0 amide bonds. The van der Waals surface area contributed by atoms with Gasteiger partial charge in [-0.05, 0) is 43.3 Å². The van der Waals surface area contributed by atoms with Crippen molar-refractivity contribution in [2.45, 2.75) is 13.5 Å². The number of para-hydroxylation sites is 3. The van der Waals surface area contributed by atoms with E-state index < -0.39 is 0 Å². The fourth-order valence-corrected chi connectivity index (χ4v) is 4.98. The Morgan fingerprint density at radius 3 is 2.41 bits per heavy atom. The lowest BCUT2D eigenvalue weighted by atomic mass is 10.0. The average molecular weight is 440 g/mol. The predicted octanol–water partition coefficient (Wildman–Crippen LogP) is 6.74. The smallest absolute Gasteiger partial charge is 0.141 e. The van der Waals surface area contributed by atoms with Crippen LogP contribution in [-0.2, 0) is 6.54 Å². The van der Waals surface area contributed by atoms with Crippen LogP contribution in [0.4, 0.5) is 0 Å². The molecule has 0 aliphatic carbocycles. The number of hydrogen-bond acceptors (Lipinski definition) is 3. The molecule has 3 aromatic carbocycles. The first kappa shape index (κ1) is 19.0. The molecule has 0 bridgehead atoms. The third kappa shape index (κ3) is 2.70. The summed E-state index contributed by atoms with van der Waals surface area (Å²) in [4.78, 5) is 15.1. The lowest BCUT2D eigenvalue weighted by Crippen LogP contribution is -1.98. The van der Waals surface area contributed by atoms with Crippen molar-refractivity contribution in [1.82, 2.24) is 23.9 Å². The van der Waals surface area contributed by atoms with Crippen LogP contribution in [0.1, 0.15) is 6.92 Å². The van der Waals surface area contributed by atoms with Gasteiger partial charge in [0.25, 0.3) is 0 Å². The van der Waals surface area contributed by atoms with Gasteiger partial charge in [-0.25, -0.2) is 15.0 Å². The first-order valence-electron chi connectivity index (χ1n) is 11.5. The van der Waals surface area contributed by atoms with Gasteiger partial charge in [-0.3, -0.25) is 4.40 Å². The summed E-state index contributed by atoms with van der Waals surface area (Å²) >= 11 is 0. The second-order valence-electron chi connectivity index (χ2n) is 8.46. The molecule has 4 aromatic heterocycles. The van der Waals surface area contributed by atoms with Crippen molar-refractivity contribution in [3.8, 4) is 22.6 Å². The Morgan fingerprint density at radius 2 is 1.50 bits per heavy atom. The number of rotatable bonds is 3. The van der Waals surface area contributed by atoms with Crippen molar-refractivity contribution in [3.05, 3.63) is 97.2 Å². The van der Waals surface area contributed by atoms with Gasteiger partial charge in [-0.1, -0.05) is 54.6 Å². The third-order valence-electron chi connectivity index (χ3n) is 6.51. The molecular weight excluding hydrogens is 418 g/mol. The van der Waals surface area contributed by atoms with Crippen molar-refractivity contribution in [3.63, 3.8) is 0 Å². The molecule has 0 fully saturated rings. The molecule has 0 spiro atoms. The second kappa shape index (κ2) is 7.25. The van der Waals surface area contributed by atoms with Crippen LogP contribution in [0.25, 0.3) is 61.3 Å². The van der Waals surface area contributed by atoms with Crippen LogP contribution >= 0.6 is 0 Å². The molecule has 0 radical (unpaired) electrons. The van der Waals surface area contributed by atoms with Crippen molar-refractivity contribution in [1.29, 1.82) is 0 Å². The van der Waals surface area contributed by atoms with E-state index in [-0.39, 0.29) is 0 Å². The highest BCUT2D eigenvalue weighted by atomic mass is 15.1. The van der Waals surface area contributed by atoms with Crippen molar-refractivity contribution in [2.24, 2.45) is 0 Å². The molecule has 0 saturated heterocycles. The van der Waals surface area contributed by atoms with E-state index in [0.717, 1.165) is 67.8 Å². The standard InChI is InChI=1S/C29H21N5/c1-2-33-24-15-6-5-14-23(24)31-29(33)20-11-9-10-19(18-20)26-28-27(21-12-3-4-13-22(21)30-26)32-25-16-7-8-17-34(25)28/h3-18H,2H2,1H3. The highest BCUT2D eigenvalue weighted by molar-refractivity contribution is 6.09. The van der Waals surface area contributed by atoms with Gasteiger partial charge in [0.1, 0.15) is 17.0 Å². The molecular formula is C29H21N5. The van der Waals surface area contributed by atoms with Crippen LogP contribution in [0.5, 0.6) is 0 Å². The Morgan fingerprint density at radius 1 is 0.706 bits per heavy atom. The maximum absolute atomic E-state index is 5.13. The minimum absolute atomic E-state index is 0.853. The zero-order valence-electron chi connectivity index (χ0n) is 18.7. The first-order chi connectivity index (χ1) is 16.8. The van der Waals surface area contributed by atoms with Crippen molar-refractivity contribution < 1.29 is 0 Å². The SMILES string of the molecule is CCn1c(-c2cccc(-c3nc4ccccc4c4nc5ccccn5c34)c2)nc2ccccc21. The van der Waals surface area contributed by atoms with Gasteiger partial charge in [0, 0.05) is 29.3 Å². The summed E-state index contributed by atoms with van der Waals surface area (Å²) in [5.74, 6) is 0.973. The van der Waals surface area contributed by atoms with E-state index in [1.165, 1.54) is 0 Å². The summed E-state index contributed by atoms with van der Waals surface area (Å²) in [6, 6.07) is 31.2. The minimum Gasteiger partial charge on any atom is -0.324 e. The highest BCUT2D eigenvalue weighted by Crippen LogP contribution is 2.35. The van der Waals surface area contributed by atoms with Crippen LogP contribution in [0, 0.1) is 0 Å². The Labute approximate surface area is 196 Å². The number of pyridine rings is 2. The van der Waals surface area contributed by atoms with Crippen LogP contribution < -0.4 is 0 Å². The summed E-state index contributed by atoms with van der Waals surface area (Å²) < 4.78 is 4.41. The number of imidazole rings is 2. The maximum Gasteiger partial charge on any atom is 0.141 e. The molecule has 0 aliphatic rings. The normalized spacial score (nSPS) is 11.8. The van der Waals surface area contributed by atoms with E-state index in [0.29, 0.717) is 0 Å². The zero-order chi connectivity index (χ0) is 22.6. The Hall–Kier alpha value is -4.51. The summed E-state index contributed by atoms with van der Waals surface area (Å²) in [5, 5.41) is 1.06. The van der Waals surface area contributed by atoms with E-state index in [9.17, 15) is 0 Å². The predicted molar refractivity (Wildman–Crippen MR) is 138 cm³/mol. The molecule has 5 heteroatoms. The Balaban J connectivity index is 1.53. The summed E-state index contributed by atoms with van der Waals surface area (Å²) in [6.07, 6.45) is 2.06. The fraction of sp³-hybridized carbons (Fsp3) is 0.0690. The lowest BCUT2D eigenvalue weighted by Gasteiger charge is -2.10. The number of hydrogen-bond donors (Lipinski definition) is 0. The van der Waals surface area contributed by atoms with E-state index >= 15 is 0 Å². The van der Waals surface area contributed by atoms with Gasteiger partial charge >= 0.3 is 0 Å². The van der Waals surface area contributed by atoms with Gasteiger partial charge < -0.3 is 4.57 Å². The number of benzene rings is 3.